The van der Waals surface area contributed by atoms with E-state index in [2.05, 4.69) is 22.1 Å². The van der Waals surface area contributed by atoms with Gasteiger partial charge in [-0.05, 0) is 43.7 Å². The van der Waals surface area contributed by atoms with Crippen molar-refractivity contribution < 1.29 is 0 Å². The first-order valence-corrected chi connectivity index (χ1v) is 7.61. The molecule has 0 radical (unpaired) electrons. The maximum atomic E-state index is 11.6. The summed E-state index contributed by atoms with van der Waals surface area (Å²) >= 11 is 0. The van der Waals surface area contributed by atoms with Crippen LogP contribution in [0.3, 0.4) is 0 Å². The van der Waals surface area contributed by atoms with E-state index in [1.54, 1.807) is 17.0 Å². The number of likely N-dealkylation sites (tertiary alicyclic amines) is 1. The zero-order valence-electron chi connectivity index (χ0n) is 12.4. The van der Waals surface area contributed by atoms with Crippen LogP contribution in [0.4, 0.5) is 5.69 Å². The molecule has 0 unspecified atom stereocenters. The molecule has 1 aromatic heterocycles. The van der Waals surface area contributed by atoms with Crippen molar-refractivity contribution in [3.05, 3.63) is 47.1 Å². The van der Waals surface area contributed by atoms with Crippen molar-refractivity contribution in [1.29, 1.82) is 0 Å². The Hall–Kier alpha value is -2.01. The number of hydrogen-bond donors (Lipinski definition) is 2. The summed E-state index contributed by atoms with van der Waals surface area (Å²) in [7, 11) is 0. The van der Waals surface area contributed by atoms with Crippen LogP contribution in [0.25, 0.3) is 5.69 Å². The summed E-state index contributed by atoms with van der Waals surface area (Å²) in [5, 5.41) is 3.59. The molecule has 1 aliphatic rings. The number of hydrogen-bond acceptors (Lipinski definition) is 3. The maximum absolute atomic E-state index is 11.6. The molecule has 2 heterocycles. The molecule has 0 bridgehead atoms. The molecule has 0 aliphatic carbocycles. The van der Waals surface area contributed by atoms with Gasteiger partial charge in [-0.15, -0.1) is 0 Å². The molecule has 2 aromatic rings. The molecule has 3 rings (SSSR count). The van der Waals surface area contributed by atoms with E-state index < -0.39 is 0 Å². The molecule has 1 saturated heterocycles. The second-order valence-corrected chi connectivity index (χ2v) is 5.53. The average molecular weight is 286 g/mol. The van der Waals surface area contributed by atoms with Gasteiger partial charge in [-0.2, -0.15) is 0 Å². The van der Waals surface area contributed by atoms with Crippen LogP contribution in [0, 0.1) is 0 Å². The summed E-state index contributed by atoms with van der Waals surface area (Å²) in [6.45, 7) is 5.71. The fraction of sp³-hybridized carbons (Fsp3) is 0.438. The summed E-state index contributed by atoms with van der Waals surface area (Å²) < 4.78 is 1.60. The third kappa shape index (κ3) is 3.19. The van der Waals surface area contributed by atoms with Gasteiger partial charge in [0.1, 0.15) is 0 Å². The number of imidazole rings is 1. The number of rotatable bonds is 4. The van der Waals surface area contributed by atoms with Crippen molar-refractivity contribution in [1.82, 2.24) is 14.5 Å². The molecular weight excluding hydrogens is 264 g/mol. The zero-order valence-corrected chi connectivity index (χ0v) is 12.4. The van der Waals surface area contributed by atoms with Gasteiger partial charge in [0.25, 0.3) is 0 Å². The van der Waals surface area contributed by atoms with E-state index in [1.807, 2.05) is 24.3 Å². The van der Waals surface area contributed by atoms with Gasteiger partial charge in [-0.25, -0.2) is 4.79 Å². The van der Waals surface area contributed by atoms with Crippen LogP contribution in [-0.2, 0) is 0 Å². The van der Waals surface area contributed by atoms with Gasteiger partial charge in [0.2, 0.25) is 0 Å². The number of benzene rings is 1. The summed E-state index contributed by atoms with van der Waals surface area (Å²) in [6.07, 6.45) is 5.76. The van der Waals surface area contributed by atoms with E-state index in [-0.39, 0.29) is 5.69 Å². The highest BCUT2D eigenvalue weighted by molar-refractivity contribution is 5.49. The predicted octanol–water partition coefficient (Wildman–Crippen LogP) is 2.06. The molecule has 0 amide bonds. The van der Waals surface area contributed by atoms with Crippen molar-refractivity contribution in [2.24, 2.45) is 0 Å². The fourth-order valence-electron chi connectivity index (χ4n) is 2.87. The molecular formula is C16H22N4O. The van der Waals surface area contributed by atoms with E-state index in [1.165, 1.54) is 25.9 Å². The number of piperidine rings is 1. The van der Waals surface area contributed by atoms with Gasteiger partial charge in [-0.1, -0.05) is 6.92 Å². The Balaban J connectivity index is 1.63. The summed E-state index contributed by atoms with van der Waals surface area (Å²) in [6, 6.07) is 8.58. The molecule has 0 saturated carbocycles. The standard InChI is InChI=1S/C16H22N4O/c1-2-19-10-7-14(8-11-19)18-13-3-5-15(6-4-13)20-12-9-17-16(20)21/h3-6,9,12,14,18H,2,7-8,10-11H2,1H3,(H,17,21). The molecule has 0 atom stereocenters. The molecule has 21 heavy (non-hydrogen) atoms. The number of aromatic amines is 1. The minimum absolute atomic E-state index is 0.109. The third-order valence-corrected chi connectivity index (χ3v) is 4.20. The van der Waals surface area contributed by atoms with Gasteiger partial charge < -0.3 is 15.2 Å². The van der Waals surface area contributed by atoms with Crippen LogP contribution in [0.2, 0.25) is 0 Å². The van der Waals surface area contributed by atoms with Gasteiger partial charge in [0.05, 0.1) is 5.69 Å². The summed E-state index contributed by atoms with van der Waals surface area (Å²) in [4.78, 5) is 16.7. The number of aromatic nitrogens is 2. The number of nitrogens with one attached hydrogen (secondary N) is 2. The van der Waals surface area contributed by atoms with Gasteiger partial charge in [-0.3, -0.25) is 4.57 Å². The lowest BCUT2D eigenvalue weighted by molar-refractivity contribution is 0.229. The second kappa shape index (κ2) is 6.18. The van der Waals surface area contributed by atoms with Crippen molar-refractivity contribution in [3.63, 3.8) is 0 Å². The van der Waals surface area contributed by atoms with E-state index in [9.17, 15) is 4.79 Å². The Labute approximate surface area is 124 Å². The van der Waals surface area contributed by atoms with Gasteiger partial charge in [0, 0.05) is 37.2 Å². The Kier molecular flexibility index (Phi) is 4.10. The molecule has 1 aromatic carbocycles. The van der Waals surface area contributed by atoms with Crippen LogP contribution >= 0.6 is 0 Å². The number of H-pyrrole nitrogens is 1. The van der Waals surface area contributed by atoms with Crippen LogP contribution < -0.4 is 11.0 Å². The quantitative estimate of drug-likeness (QED) is 0.904. The number of nitrogens with zero attached hydrogens (tertiary/aromatic N) is 2. The second-order valence-electron chi connectivity index (χ2n) is 5.53. The molecule has 5 heteroatoms. The maximum Gasteiger partial charge on any atom is 0.330 e. The van der Waals surface area contributed by atoms with E-state index in [0.717, 1.165) is 17.9 Å². The largest absolute Gasteiger partial charge is 0.382 e. The molecule has 1 fully saturated rings. The van der Waals surface area contributed by atoms with Crippen molar-refractivity contribution in [2.45, 2.75) is 25.8 Å². The monoisotopic (exact) mass is 286 g/mol. The highest BCUT2D eigenvalue weighted by atomic mass is 16.1. The lowest BCUT2D eigenvalue weighted by atomic mass is 10.0. The fourth-order valence-corrected chi connectivity index (χ4v) is 2.87. The van der Waals surface area contributed by atoms with E-state index >= 15 is 0 Å². The normalized spacial score (nSPS) is 17.0. The SMILES string of the molecule is CCN1CCC(Nc2ccc(-n3cc[nH]c3=O)cc2)CC1. The topological polar surface area (TPSA) is 53.1 Å². The van der Waals surface area contributed by atoms with Crippen molar-refractivity contribution in [3.8, 4) is 5.69 Å². The minimum atomic E-state index is -0.109. The Bertz CT molecular complexity index is 620. The minimum Gasteiger partial charge on any atom is -0.382 e. The highest BCUT2D eigenvalue weighted by Crippen LogP contribution is 2.18. The zero-order chi connectivity index (χ0) is 14.7. The summed E-state index contributed by atoms with van der Waals surface area (Å²) in [5.41, 5.74) is 1.90. The third-order valence-electron chi connectivity index (χ3n) is 4.20. The van der Waals surface area contributed by atoms with Crippen LogP contribution in [0.15, 0.2) is 41.5 Å². The molecule has 0 spiro atoms. The highest BCUT2D eigenvalue weighted by Gasteiger charge is 2.17. The first-order chi connectivity index (χ1) is 10.3. The van der Waals surface area contributed by atoms with Crippen LogP contribution in [0.1, 0.15) is 19.8 Å². The predicted molar refractivity (Wildman–Crippen MR) is 85.1 cm³/mol. The molecule has 2 N–H and O–H groups in total. The molecule has 5 nitrogen and oxygen atoms in total. The first-order valence-electron chi connectivity index (χ1n) is 7.61. The van der Waals surface area contributed by atoms with Crippen molar-refractivity contribution >= 4 is 5.69 Å². The van der Waals surface area contributed by atoms with Crippen LogP contribution in [0.5, 0.6) is 0 Å². The van der Waals surface area contributed by atoms with Gasteiger partial charge >= 0.3 is 5.69 Å². The van der Waals surface area contributed by atoms with E-state index in [0.29, 0.717) is 6.04 Å². The smallest absolute Gasteiger partial charge is 0.330 e. The Morgan fingerprint density at radius 2 is 1.95 bits per heavy atom. The lowest BCUT2D eigenvalue weighted by Gasteiger charge is -2.32. The van der Waals surface area contributed by atoms with E-state index in [4.69, 9.17) is 0 Å². The summed E-state index contributed by atoms with van der Waals surface area (Å²) in [5.74, 6) is 0. The average Bonchev–Trinajstić information content (AvgIpc) is 2.95. The molecule has 112 valence electrons. The Morgan fingerprint density at radius 1 is 1.24 bits per heavy atom. The Morgan fingerprint density at radius 3 is 2.52 bits per heavy atom. The lowest BCUT2D eigenvalue weighted by Crippen LogP contribution is -2.38. The van der Waals surface area contributed by atoms with Gasteiger partial charge in [0.15, 0.2) is 0 Å². The molecule has 1 aliphatic heterocycles. The van der Waals surface area contributed by atoms with Crippen molar-refractivity contribution in [2.75, 3.05) is 25.0 Å². The van der Waals surface area contributed by atoms with Crippen LogP contribution in [-0.4, -0.2) is 40.1 Å². The first kappa shape index (κ1) is 13.9. The number of anilines is 1.